The maximum absolute atomic E-state index is 13.8. The fraction of sp³-hybridized carbons (Fsp3) is 0.542. The van der Waals surface area contributed by atoms with Crippen molar-refractivity contribution in [1.29, 1.82) is 0 Å². The molecule has 2 unspecified atom stereocenters. The van der Waals surface area contributed by atoms with Crippen LogP contribution >= 0.6 is 23.1 Å². The van der Waals surface area contributed by atoms with Crippen LogP contribution in [0.2, 0.25) is 0 Å². The summed E-state index contributed by atoms with van der Waals surface area (Å²) in [5, 5.41) is 0. The van der Waals surface area contributed by atoms with Crippen LogP contribution in [-0.4, -0.2) is 71.3 Å². The highest BCUT2D eigenvalue weighted by Gasteiger charge is 2.50. The number of carbonyl (C=O) groups excluding carboxylic acids is 1. The maximum atomic E-state index is 13.8. The zero-order valence-electron chi connectivity index (χ0n) is 20.8. The number of nitrogens with one attached hydrogen (secondary N) is 1. The molecule has 1 aromatic carbocycles. The molecule has 2 atom stereocenters. The van der Waals surface area contributed by atoms with E-state index in [0.717, 1.165) is 34.4 Å². The molecule has 1 aromatic heterocycles. The molecule has 3 heterocycles. The summed E-state index contributed by atoms with van der Waals surface area (Å²) in [6.45, 7) is 0.384. The van der Waals surface area contributed by atoms with Gasteiger partial charge in [-0.3, -0.25) is 4.79 Å². The number of thioether (sulfide) groups is 1. The highest BCUT2D eigenvalue weighted by molar-refractivity contribution is 7.98. The number of ether oxygens (including phenoxy) is 1. The number of nitrogens with zero attached hydrogens (tertiary/aromatic N) is 1. The summed E-state index contributed by atoms with van der Waals surface area (Å²) >= 11 is 2.94. The summed E-state index contributed by atoms with van der Waals surface area (Å²) in [5.41, 5.74) is 3.33. The van der Waals surface area contributed by atoms with Crippen LogP contribution in [0.15, 0.2) is 41.3 Å². The van der Waals surface area contributed by atoms with E-state index in [9.17, 15) is 21.6 Å². The number of thiophene rings is 1. The molecule has 2 aromatic rings. The van der Waals surface area contributed by atoms with Gasteiger partial charge in [-0.2, -0.15) is 0 Å². The lowest BCUT2D eigenvalue weighted by Crippen LogP contribution is -2.43. The summed E-state index contributed by atoms with van der Waals surface area (Å²) < 4.78 is 57.2. The number of hydrogen-bond donors (Lipinski definition) is 1. The van der Waals surface area contributed by atoms with Crippen molar-refractivity contribution >= 4 is 48.9 Å². The Bertz CT molecular complexity index is 1300. The standard InChI is InChI=1S/C24H32N2O7S4/c1-34-19-8-6-18(7-9-19)20-10-11-21(35-20)24(17-22(27)25-33-23-5-3-4-15-32-23)12-13-26(36(2,28)29)14-16-37(24,30)31/h6-11,23H,3-5,12-17H2,1-2H3,(H,25,27). The van der Waals surface area contributed by atoms with Gasteiger partial charge in [0.15, 0.2) is 16.1 Å². The predicted octanol–water partition coefficient (Wildman–Crippen LogP) is 3.38. The van der Waals surface area contributed by atoms with E-state index >= 15 is 0 Å². The van der Waals surface area contributed by atoms with Crippen LogP contribution in [-0.2, 0) is 39.0 Å². The van der Waals surface area contributed by atoms with E-state index in [1.54, 1.807) is 17.8 Å². The van der Waals surface area contributed by atoms with E-state index in [4.69, 9.17) is 9.57 Å². The van der Waals surface area contributed by atoms with Gasteiger partial charge < -0.3 is 4.74 Å². The van der Waals surface area contributed by atoms with Crippen molar-refractivity contribution in [3.8, 4) is 10.4 Å². The van der Waals surface area contributed by atoms with Gasteiger partial charge in [-0.1, -0.05) is 12.1 Å². The van der Waals surface area contributed by atoms with Crippen molar-refractivity contribution in [2.45, 2.75) is 48.0 Å². The average molecular weight is 589 g/mol. The first kappa shape index (κ1) is 28.5. The minimum absolute atomic E-state index is 0.00636. The Kier molecular flexibility index (Phi) is 9.04. The molecule has 2 saturated heterocycles. The summed E-state index contributed by atoms with van der Waals surface area (Å²) in [7, 11) is -7.53. The van der Waals surface area contributed by atoms with Crippen LogP contribution in [0.3, 0.4) is 0 Å². The minimum atomic E-state index is -3.93. The highest BCUT2D eigenvalue weighted by Crippen LogP contribution is 2.45. The van der Waals surface area contributed by atoms with Crippen molar-refractivity contribution in [2.75, 3.05) is 38.0 Å². The summed E-state index contributed by atoms with van der Waals surface area (Å²) in [6, 6.07) is 11.6. The first-order valence-electron chi connectivity index (χ1n) is 12.0. The fourth-order valence-electron chi connectivity index (χ4n) is 4.61. The lowest BCUT2D eigenvalue weighted by atomic mass is 9.97. The number of sulfonamides is 1. The number of benzene rings is 1. The van der Waals surface area contributed by atoms with E-state index in [1.807, 2.05) is 36.6 Å². The Morgan fingerprint density at radius 3 is 2.62 bits per heavy atom. The van der Waals surface area contributed by atoms with Crippen molar-refractivity contribution in [3.05, 3.63) is 41.3 Å². The number of amides is 1. The molecule has 204 valence electrons. The molecule has 0 bridgehead atoms. The first-order chi connectivity index (χ1) is 17.5. The molecule has 0 radical (unpaired) electrons. The zero-order valence-corrected chi connectivity index (χ0v) is 24.1. The molecule has 0 spiro atoms. The number of sulfone groups is 1. The summed E-state index contributed by atoms with van der Waals surface area (Å²) in [6.07, 6.45) is 4.54. The van der Waals surface area contributed by atoms with E-state index in [0.29, 0.717) is 17.9 Å². The van der Waals surface area contributed by atoms with Crippen molar-refractivity contribution < 1.29 is 31.2 Å². The largest absolute Gasteiger partial charge is 0.350 e. The van der Waals surface area contributed by atoms with Gasteiger partial charge in [-0.15, -0.1) is 23.1 Å². The number of rotatable bonds is 8. The van der Waals surface area contributed by atoms with E-state index < -0.39 is 36.8 Å². The minimum Gasteiger partial charge on any atom is -0.350 e. The lowest BCUT2D eigenvalue weighted by molar-refractivity contribution is -0.200. The van der Waals surface area contributed by atoms with Crippen LogP contribution in [0.4, 0.5) is 0 Å². The SMILES string of the molecule is CSc1ccc(-c2ccc(C3(CC(=O)NOC4CCCCO4)CCN(S(C)(=O)=O)CCS3(=O)=O)s2)cc1. The van der Waals surface area contributed by atoms with Gasteiger partial charge in [0.05, 0.1) is 18.4 Å². The molecule has 0 saturated carbocycles. The van der Waals surface area contributed by atoms with Gasteiger partial charge in [-0.05, 0) is 55.3 Å². The van der Waals surface area contributed by atoms with Crippen LogP contribution in [0.1, 0.15) is 37.0 Å². The van der Waals surface area contributed by atoms with Gasteiger partial charge in [-0.25, -0.2) is 31.5 Å². The third-order valence-corrected chi connectivity index (χ3v) is 12.8. The summed E-state index contributed by atoms with van der Waals surface area (Å²) in [4.78, 5) is 21.0. The van der Waals surface area contributed by atoms with Gasteiger partial charge in [0.25, 0.3) is 0 Å². The smallest absolute Gasteiger partial charge is 0.245 e. The second-order valence-corrected chi connectivity index (χ2v) is 15.6. The van der Waals surface area contributed by atoms with Crippen molar-refractivity contribution in [2.24, 2.45) is 0 Å². The van der Waals surface area contributed by atoms with Gasteiger partial charge in [0.1, 0.15) is 4.75 Å². The van der Waals surface area contributed by atoms with Crippen LogP contribution in [0.25, 0.3) is 10.4 Å². The molecular formula is C24H32N2O7S4. The molecule has 1 N–H and O–H groups in total. The predicted molar refractivity (Wildman–Crippen MR) is 145 cm³/mol. The fourth-order valence-corrected chi connectivity index (χ4v) is 9.59. The zero-order chi connectivity index (χ0) is 26.7. The number of hydroxylamine groups is 1. The van der Waals surface area contributed by atoms with Crippen molar-refractivity contribution in [1.82, 2.24) is 9.79 Å². The molecule has 13 heteroatoms. The lowest BCUT2D eigenvalue weighted by Gasteiger charge is -2.31. The van der Waals surface area contributed by atoms with E-state index in [1.165, 1.54) is 15.6 Å². The Hall–Kier alpha value is -1.48. The van der Waals surface area contributed by atoms with Crippen molar-refractivity contribution in [3.63, 3.8) is 0 Å². The first-order valence-corrected chi connectivity index (χ1v) is 17.6. The number of hydrogen-bond acceptors (Lipinski definition) is 9. The van der Waals surface area contributed by atoms with Crippen LogP contribution < -0.4 is 5.48 Å². The normalized spacial score (nSPS) is 24.9. The molecule has 2 aliphatic heterocycles. The molecule has 4 rings (SSSR count). The molecule has 9 nitrogen and oxygen atoms in total. The Labute approximate surface area is 226 Å². The average Bonchev–Trinajstić information content (AvgIpc) is 3.32. The third kappa shape index (κ3) is 6.57. The second-order valence-electron chi connectivity index (χ2n) is 9.23. The van der Waals surface area contributed by atoms with Crippen LogP contribution in [0, 0.1) is 0 Å². The third-order valence-electron chi connectivity index (χ3n) is 6.76. The van der Waals surface area contributed by atoms with E-state index in [-0.39, 0.29) is 31.7 Å². The Morgan fingerprint density at radius 2 is 1.97 bits per heavy atom. The van der Waals surface area contributed by atoms with Gasteiger partial charge in [0.2, 0.25) is 15.9 Å². The van der Waals surface area contributed by atoms with Gasteiger partial charge in [0, 0.05) is 40.8 Å². The Balaban J connectivity index is 1.66. The molecule has 1 amide bonds. The van der Waals surface area contributed by atoms with Crippen LogP contribution in [0.5, 0.6) is 0 Å². The molecular weight excluding hydrogens is 557 g/mol. The molecule has 37 heavy (non-hydrogen) atoms. The monoisotopic (exact) mass is 588 g/mol. The van der Waals surface area contributed by atoms with Gasteiger partial charge >= 0.3 is 0 Å². The molecule has 2 fully saturated rings. The quantitative estimate of drug-likeness (QED) is 0.368. The topological polar surface area (TPSA) is 119 Å². The van der Waals surface area contributed by atoms with E-state index in [2.05, 4.69) is 5.48 Å². The molecule has 0 aliphatic carbocycles. The molecule has 2 aliphatic rings. The highest BCUT2D eigenvalue weighted by atomic mass is 32.2. The maximum Gasteiger partial charge on any atom is 0.245 e. The Morgan fingerprint density at radius 1 is 1.22 bits per heavy atom. The summed E-state index contributed by atoms with van der Waals surface area (Å²) in [5.74, 6) is -0.972. The second kappa shape index (κ2) is 11.7. The number of carbonyl (C=O) groups is 1.